The van der Waals surface area contributed by atoms with Gasteiger partial charge in [-0.3, -0.25) is 10.0 Å². The van der Waals surface area contributed by atoms with Gasteiger partial charge in [0.15, 0.2) is 9.84 Å². The number of nitrogens with two attached hydrogens (primary N) is 1. The van der Waals surface area contributed by atoms with Crippen LogP contribution in [0.15, 0.2) is 36.4 Å². The van der Waals surface area contributed by atoms with Gasteiger partial charge in [0.05, 0.1) is 12.2 Å². The predicted octanol–water partition coefficient (Wildman–Crippen LogP) is 2.69. The van der Waals surface area contributed by atoms with Crippen molar-refractivity contribution < 1.29 is 18.4 Å². The Balaban J connectivity index is 2.07. The van der Waals surface area contributed by atoms with Gasteiger partial charge in [-0.05, 0) is 42.7 Å². The van der Waals surface area contributed by atoms with Gasteiger partial charge < -0.3 is 5.73 Å². The Morgan fingerprint density at radius 2 is 2.08 bits per heavy atom. The van der Waals surface area contributed by atoms with E-state index in [-0.39, 0.29) is 12.2 Å². The van der Waals surface area contributed by atoms with Crippen LogP contribution in [0.1, 0.15) is 30.6 Å². The second-order valence-corrected chi connectivity index (χ2v) is 9.77. The molecule has 0 spiro atoms. The summed E-state index contributed by atoms with van der Waals surface area (Å²) < 4.78 is 24.5. The maximum absolute atomic E-state index is 12.9. The van der Waals surface area contributed by atoms with Crippen LogP contribution in [0.25, 0.3) is 10.4 Å². The largest absolute Gasteiger partial charge is 0.399 e. The summed E-state index contributed by atoms with van der Waals surface area (Å²) in [6, 6.07) is 11.0. The molecule has 1 atom stereocenters. The molecule has 1 saturated heterocycles. The number of hydrogen-bond acceptors (Lipinski definition) is 6. The molecule has 0 saturated carbocycles. The van der Waals surface area contributed by atoms with E-state index in [9.17, 15) is 13.2 Å². The van der Waals surface area contributed by atoms with Gasteiger partial charge >= 0.3 is 0 Å². The number of nitrogens with one attached hydrogen (secondary N) is 1. The van der Waals surface area contributed by atoms with E-state index < -0.39 is 20.5 Å². The van der Waals surface area contributed by atoms with Gasteiger partial charge in [0, 0.05) is 15.4 Å². The lowest BCUT2D eigenvalue weighted by atomic mass is 9.94. The Labute approximate surface area is 150 Å². The molecule has 1 aromatic carbocycles. The Morgan fingerprint density at radius 1 is 1.28 bits per heavy atom. The average Bonchev–Trinajstić information content (AvgIpc) is 3.07. The maximum Gasteiger partial charge on any atom is 0.245 e. The quantitative estimate of drug-likeness (QED) is 0.429. The summed E-state index contributed by atoms with van der Waals surface area (Å²) in [6.45, 7) is 0. The van der Waals surface area contributed by atoms with Crippen LogP contribution in [0.5, 0.6) is 0 Å². The monoisotopic (exact) mass is 380 g/mol. The number of carbonyl (C=O) groups is 1. The summed E-state index contributed by atoms with van der Waals surface area (Å²) in [6.07, 6.45) is 1.42. The predicted molar refractivity (Wildman–Crippen MR) is 98.0 cm³/mol. The van der Waals surface area contributed by atoms with E-state index in [1.54, 1.807) is 17.6 Å². The van der Waals surface area contributed by atoms with Crippen molar-refractivity contribution in [2.24, 2.45) is 0 Å². The smallest absolute Gasteiger partial charge is 0.245 e. The minimum Gasteiger partial charge on any atom is -0.399 e. The molecule has 0 bridgehead atoms. The number of sulfone groups is 1. The van der Waals surface area contributed by atoms with Crippen molar-refractivity contribution in [3.05, 3.63) is 41.3 Å². The molecular formula is C17H20N2O4S2. The van der Waals surface area contributed by atoms with Crippen molar-refractivity contribution in [1.82, 2.24) is 5.48 Å². The lowest BCUT2D eigenvalue weighted by Crippen LogP contribution is -2.43. The van der Waals surface area contributed by atoms with Crippen LogP contribution in [0.2, 0.25) is 0 Å². The molecule has 4 N–H and O–H groups in total. The fraction of sp³-hybridized carbons (Fsp3) is 0.353. The maximum atomic E-state index is 12.9. The highest BCUT2D eigenvalue weighted by Crippen LogP contribution is 2.47. The second kappa shape index (κ2) is 6.78. The van der Waals surface area contributed by atoms with Gasteiger partial charge in [-0.2, -0.15) is 0 Å². The normalized spacial score (nSPS) is 22.4. The molecule has 1 amide bonds. The minimum absolute atomic E-state index is 0.0528. The molecule has 6 nitrogen and oxygen atoms in total. The number of thiophene rings is 1. The zero-order chi connectivity index (χ0) is 18.1. The number of hydroxylamine groups is 1. The van der Waals surface area contributed by atoms with Crippen LogP contribution in [0.3, 0.4) is 0 Å². The van der Waals surface area contributed by atoms with E-state index >= 15 is 0 Å². The summed E-state index contributed by atoms with van der Waals surface area (Å²) in [5.74, 6) is -0.638. The van der Waals surface area contributed by atoms with Gasteiger partial charge in [-0.1, -0.05) is 18.6 Å². The van der Waals surface area contributed by atoms with Crippen molar-refractivity contribution in [3.8, 4) is 10.4 Å². The van der Waals surface area contributed by atoms with Crippen LogP contribution in [0, 0.1) is 0 Å². The number of hydrogen-bond donors (Lipinski definition) is 3. The lowest BCUT2D eigenvalue weighted by Gasteiger charge is -2.35. The topological polar surface area (TPSA) is 109 Å². The standard InChI is InChI=1S/C17H20N2O4S2/c18-13-5-3-4-12(10-13)14-6-7-15(24-14)17(11-16(20)19-21)8-1-2-9-25(17,22)23/h3-7,10,21H,1-2,8-9,11,18H2,(H,19,20). The van der Waals surface area contributed by atoms with E-state index in [4.69, 9.17) is 10.9 Å². The number of carbonyl (C=O) groups excluding carboxylic acids is 1. The third kappa shape index (κ3) is 3.29. The first-order chi connectivity index (χ1) is 11.9. The van der Waals surface area contributed by atoms with Gasteiger partial charge in [-0.25, -0.2) is 13.9 Å². The SMILES string of the molecule is Nc1cccc(-c2ccc(C3(CC(=O)NO)CCCCS3(=O)=O)s2)c1. The molecule has 0 aliphatic carbocycles. The highest BCUT2D eigenvalue weighted by Gasteiger charge is 2.49. The van der Waals surface area contributed by atoms with Crippen molar-refractivity contribution in [3.63, 3.8) is 0 Å². The van der Waals surface area contributed by atoms with Crippen molar-refractivity contribution in [2.75, 3.05) is 11.5 Å². The van der Waals surface area contributed by atoms with Crippen LogP contribution < -0.4 is 11.2 Å². The molecule has 1 aromatic heterocycles. The summed E-state index contributed by atoms with van der Waals surface area (Å²) >= 11 is 1.36. The molecule has 1 aliphatic heterocycles. The van der Waals surface area contributed by atoms with E-state index in [1.165, 1.54) is 11.3 Å². The molecule has 1 aliphatic rings. The fourth-order valence-corrected chi connectivity index (χ4v) is 7.12. The summed E-state index contributed by atoms with van der Waals surface area (Å²) in [4.78, 5) is 13.4. The molecular weight excluding hydrogens is 360 g/mol. The third-order valence-electron chi connectivity index (χ3n) is 4.64. The first-order valence-electron chi connectivity index (χ1n) is 7.99. The molecule has 1 fully saturated rings. The van der Waals surface area contributed by atoms with E-state index in [2.05, 4.69) is 0 Å². The Morgan fingerprint density at radius 3 is 2.76 bits per heavy atom. The third-order valence-corrected chi connectivity index (χ3v) is 8.69. The van der Waals surface area contributed by atoms with Crippen molar-refractivity contribution >= 4 is 32.8 Å². The first kappa shape index (κ1) is 17.9. The molecule has 0 radical (unpaired) electrons. The van der Waals surface area contributed by atoms with Crippen LogP contribution in [0.4, 0.5) is 5.69 Å². The zero-order valence-electron chi connectivity index (χ0n) is 13.6. The minimum atomic E-state index is -3.51. The fourth-order valence-electron chi connectivity index (χ4n) is 3.34. The number of benzene rings is 1. The van der Waals surface area contributed by atoms with E-state index in [0.29, 0.717) is 23.4 Å². The number of amides is 1. The molecule has 8 heteroatoms. The molecule has 2 heterocycles. The second-order valence-electron chi connectivity index (χ2n) is 6.27. The Kier molecular flexibility index (Phi) is 4.86. The highest BCUT2D eigenvalue weighted by molar-refractivity contribution is 7.92. The average molecular weight is 380 g/mol. The number of nitrogen functional groups attached to an aromatic ring is 1. The van der Waals surface area contributed by atoms with Crippen LogP contribution in [-0.4, -0.2) is 25.3 Å². The Hall–Kier alpha value is -1.90. The van der Waals surface area contributed by atoms with Gasteiger partial charge in [0.1, 0.15) is 4.75 Å². The Bertz CT molecular complexity index is 892. The van der Waals surface area contributed by atoms with E-state index in [1.807, 2.05) is 24.3 Å². The van der Waals surface area contributed by atoms with Gasteiger partial charge in [0.25, 0.3) is 0 Å². The molecule has 134 valence electrons. The van der Waals surface area contributed by atoms with Crippen molar-refractivity contribution in [2.45, 2.75) is 30.4 Å². The van der Waals surface area contributed by atoms with Crippen molar-refractivity contribution in [1.29, 1.82) is 0 Å². The highest BCUT2D eigenvalue weighted by atomic mass is 32.2. The molecule has 1 unspecified atom stereocenters. The van der Waals surface area contributed by atoms with E-state index in [0.717, 1.165) is 16.9 Å². The lowest BCUT2D eigenvalue weighted by molar-refractivity contribution is -0.130. The van der Waals surface area contributed by atoms with Crippen LogP contribution in [-0.2, 0) is 19.4 Å². The van der Waals surface area contributed by atoms with Crippen LogP contribution >= 0.6 is 11.3 Å². The molecule has 3 rings (SSSR count). The zero-order valence-corrected chi connectivity index (χ0v) is 15.2. The summed E-state index contributed by atoms with van der Waals surface area (Å²) in [7, 11) is -3.51. The number of rotatable bonds is 4. The van der Waals surface area contributed by atoms with Gasteiger partial charge in [0.2, 0.25) is 5.91 Å². The summed E-state index contributed by atoms with van der Waals surface area (Å²) in [5, 5.41) is 8.91. The molecule has 25 heavy (non-hydrogen) atoms. The first-order valence-corrected chi connectivity index (χ1v) is 10.5. The number of anilines is 1. The molecule has 2 aromatic rings. The summed E-state index contributed by atoms with van der Waals surface area (Å²) in [5.41, 5.74) is 8.94. The van der Waals surface area contributed by atoms with Gasteiger partial charge in [-0.15, -0.1) is 11.3 Å².